The molecule has 0 radical (unpaired) electrons. The highest BCUT2D eigenvalue weighted by molar-refractivity contribution is 8.13. The Kier molecular flexibility index (Phi) is 5.75. The lowest BCUT2D eigenvalue weighted by Gasteiger charge is -2.28. The fourth-order valence-electron chi connectivity index (χ4n) is 2.66. The molecule has 0 N–H and O–H groups in total. The predicted octanol–water partition coefficient (Wildman–Crippen LogP) is 3.64. The monoisotopic (exact) mass is 340 g/mol. The van der Waals surface area contributed by atoms with E-state index in [2.05, 4.69) is 59.2 Å². The molecule has 0 bridgehead atoms. The minimum absolute atomic E-state index is 0.842. The van der Waals surface area contributed by atoms with Crippen molar-refractivity contribution in [3.8, 4) is 0 Å². The SMILES string of the molecule is CN(C)c1ccc(CN(Cc2cccnc2)C2=NCCCS2)cc1. The second-order valence-electron chi connectivity index (χ2n) is 6.14. The molecule has 1 aliphatic rings. The molecular weight excluding hydrogens is 316 g/mol. The van der Waals surface area contributed by atoms with Crippen molar-refractivity contribution in [1.82, 2.24) is 9.88 Å². The maximum absolute atomic E-state index is 4.74. The molecule has 126 valence electrons. The number of thioether (sulfide) groups is 1. The Labute approximate surface area is 148 Å². The van der Waals surface area contributed by atoms with E-state index < -0.39 is 0 Å². The maximum Gasteiger partial charge on any atom is 0.159 e. The number of hydrogen-bond donors (Lipinski definition) is 0. The van der Waals surface area contributed by atoms with E-state index >= 15 is 0 Å². The van der Waals surface area contributed by atoms with Gasteiger partial charge in [0, 0.05) is 57.6 Å². The Hall–Kier alpha value is -2.01. The lowest BCUT2D eigenvalue weighted by atomic mass is 10.2. The lowest BCUT2D eigenvalue weighted by Crippen LogP contribution is -2.30. The first-order chi connectivity index (χ1) is 11.7. The van der Waals surface area contributed by atoms with Crippen LogP contribution >= 0.6 is 11.8 Å². The van der Waals surface area contributed by atoms with Crippen LogP contribution in [0.5, 0.6) is 0 Å². The number of amidine groups is 1. The fourth-order valence-corrected chi connectivity index (χ4v) is 3.61. The smallest absolute Gasteiger partial charge is 0.159 e. The highest BCUT2D eigenvalue weighted by atomic mass is 32.2. The van der Waals surface area contributed by atoms with Crippen LogP contribution in [0, 0.1) is 0 Å². The lowest BCUT2D eigenvalue weighted by molar-refractivity contribution is 0.412. The average Bonchev–Trinajstić information content (AvgIpc) is 2.63. The van der Waals surface area contributed by atoms with E-state index in [0.717, 1.165) is 30.6 Å². The summed E-state index contributed by atoms with van der Waals surface area (Å²) >= 11 is 1.87. The summed E-state index contributed by atoms with van der Waals surface area (Å²) in [5.74, 6) is 1.15. The van der Waals surface area contributed by atoms with Gasteiger partial charge in [-0.3, -0.25) is 9.98 Å². The number of aromatic nitrogens is 1. The predicted molar refractivity (Wildman–Crippen MR) is 104 cm³/mol. The van der Waals surface area contributed by atoms with Crippen molar-refractivity contribution >= 4 is 22.6 Å². The molecule has 2 aromatic rings. The summed E-state index contributed by atoms with van der Waals surface area (Å²) in [6.07, 6.45) is 4.93. The number of hydrogen-bond acceptors (Lipinski definition) is 5. The molecule has 2 heterocycles. The highest BCUT2D eigenvalue weighted by Crippen LogP contribution is 2.21. The number of nitrogens with zero attached hydrogens (tertiary/aromatic N) is 4. The van der Waals surface area contributed by atoms with E-state index in [1.54, 1.807) is 0 Å². The summed E-state index contributed by atoms with van der Waals surface area (Å²) < 4.78 is 0. The van der Waals surface area contributed by atoms with Gasteiger partial charge < -0.3 is 9.80 Å². The molecule has 1 aromatic heterocycles. The van der Waals surface area contributed by atoms with Gasteiger partial charge in [-0.25, -0.2) is 0 Å². The average molecular weight is 340 g/mol. The number of pyridine rings is 1. The molecule has 4 nitrogen and oxygen atoms in total. The molecule has 5 heteroatoms. The number of aliphatic imine (C=N–C) groups is 1. The summed E-state index contributed by atoms with van der Waals surface area (Å²) in [5.41, 5.74) is 3.75. The van der Waals surface area contributed by atoms with Crippen LogP contribution in [0.4, 0.5) is 5.69 Å². The van der Waals surface area contributed by atoms with Crippen LogP contribution in [-0.4, -0.2) is 41.4 Å². The molecule has 1 aromatic carbocycles. The van der Waals surface area contributed by atoms with E-state index in [1.807, 2.05) is 30.2 Å². The Morgan fingerprint density at radius 2 is 1.83 bits per heavy atom. The van der Waals surface area contributed by atoms with Crippen LogP contribution in [0.15, 0.2) is 53.8 Å². The summed E-state index contributed by atoms with van der Waals surface area (Å²) in [6, 6.07) is 12.9. The molecule has 0 amide bonds. The van der Waals surface area contributed by atoms with Crippen molar-refractivity contribution in [1.29, 1.82) is 0 Å². The zero-order valence-electron chi connectivity index (χ0n) is 14.4. The van der Waals surface area contributed by atoms with Gasteiger partial charge >= 0.3 is 0 Å². The van der Waals surface area contributed by atoms with Crippen molar-refractivity contribution in [3.05, 3.63) is 59.9 Å². The van der Waals surface area contributed by atoms with Gasteiger partial charge in [0.15, 0.2) is 5.17 Å². The second-order valence-corrected chi connectivity index (χ2v) is 7.21. The van der Waals surface area contributed by atoms with Crippen LogP contribution in [0.3, 0.4) is 0 Å². The van der Waals surface area contributed by atoms with E-state index in [0.29, 0.717) is 0 Å². The zero-order chi connectivity index (χ0) is 16.8. The second kappa shape index (κ2) is 8.20. The summed E-state index contributed by atoms with van der Waals surface area (Å²) in [4.78, 5) is 13.5. The third kappa shape index (κ3) is 4.51. The van der Waals surface area contributed by atoms with Gasteiger partial charge in [-0.1, -0.05) is 30.0 Å². The van der Waals surface area contributed by atoms with Gasteiger partial charge in [-0.2, -0.15) is 0 Å². The van der Waals surface area contributed by atoms with Crippen LogP contribution < -0.4 is 4.90 Å². The van der Waals surface area contributed by atoms with E-state index in [1.165, 1.54) is 23.2 Å². The number of rotatable bonds is 5. The molecule has 0 atom stereocenters. The molecule has 1 aliphatic heterocycles. The van der Waals surface area contributed by atoms with E-state index in [4.69, 9.17) is 4.99 Å². The topological polar surface area (TPSA) is 31.7 Å². The Balaban J connectivity index is 1.77. The Morgan fingerprint density at radius 3 is 2.46 bits per heavy atom. The van der Waals surface area contributed by atoms with Crippen LogP contribution in [0.1, 0.15) is 17.5 Å². The van der Waals surface area contributed by atoms with Crippen molar-refractivity contribution < 1.29 is 0 Å². The van der Waals surface area contributed by atoms with Crippen LogP contribution in [-0.2, 0) is 13.1 Å². The summed E-state index contributed by atoms with van der Waals surface area (Å²) in [7, 11) is 4.13. The molecule has 24 heavy (non-hydrogen) atoms. The first-order valence-corrected chi connectivity index (χ1v) is 9.28. The third-order valence-electron chi connectivity index (χ3n) is 3.97. The van der Waals surface area contributed by atoms with Crippen LogP contribution in [0.2, 0.25) is 0 Å². The number of benzene rings is 1. The first-order valence-electron chi connectivity index (χ1n) is 8.30. The Morgan fingerprint density at radius 1 is 1.04 bits per heavy atom. The molecule has 0 aliphatic carbocycles. The minimum atomic E-state index is 0.842. The fraction of sp³-hybridized carbons (Fsp3) is 0.368. The van der Waals surface area contributed by atoms with Gasteiger partial charge in [0.2, 0.25) is 0 Å². The highest BCUT2D eigenvalue weighted by Gasteiger charge is 2.16. The molecule has 0 saturated carbocycles. The standard InChI is InChI=1S/C19H24N4S/c1-22(2)18-8-6-16(7-9-18)14-23(19-21-11-4-12-24-19)15-17-5-3-10-20-13-17/h3,5-10,13H,4,11-12,14-15H2,1-2H3. The molecule has 0 saturated heterocycles. The number of anilines is 1. The molecule has 0 fully saturated rings. The third-order valence-corrected chi connectivity index (χ3v) is 5.11. The maximum atomic E-state index is 4.74. The largest absolute Gasteiger partial charge is 0.378 e. The van der Waals surface area contributed by atoms with Crippen molar-refractivity contribution in [3.63, 3.8) is 0 Å². The normalized spacial score (nSPS) is 14.2. The Bertz CT molecular complexity index is 668. The van der Waals surface area contributed by atoms with Gasteiger partial charge in [0.25, 0.3) is 0 Å². The van der Waals surface area contributed by atoms with Crippen molar-refractivity contribution in [2.24, 2.45) is 4.99 Å². The van der Waals surface area contributed by atoms with Gasteiger partial charge in [-0.15, -0.1) is 0 Å². The molecule has 0 spiro atoms. The van der Waals surface area contributed by atoms with Crippen LogP contribution in [0.25, 0.3) is 0 Å². The van der Waals surface area contributed by atoms with Crippen molar-refractivity contribution in [2.45, 2.75) is 19.5 Å². The first kappa shape index (κ1) is 16.8. The summed E-state index contributed by atoms with van der Waals surface area (Å²) in [5, 5.41) is 1.15. The molecule has 0 unspecified atom stereocenters. The van der Waals surface area contributed by atoms with Gasteiger partial charge in [0.1, 0.15) is 0 Å². The van der Waals surface area contributed by atoms with Crippen molar-refractivity contribution in [2.75, 3.05) is 31.3 Å². The van der Waals surface area contributed by atoms with Gasteiger partial charge in [-0.05, 0) is 35.7 Å². The quantitative estimate of drug-likeness (QED) is 0.832. The zero-order valence-corrected chi connectivity index (χ0v) is 15.2. The van der Waals surface area contributed by atoms with E-state index in [9.17, 15) is 0 Å². The summed E-state index contributed by atoms with van der Waals surface area (Å²) in [6.45, 7) is 2.65. The van der Waals surface area contributed by atoms with E-state index in [-0.39, 0.29) is 0 Å². The molecular formula is C19H24N4S. The molecule has 3 rings (SSSR count). The van der Waals surface area contributed by atoms with Gasteiger partial charge in [0.05, 0.1) is 0 Å². The minimum Gasteiger partial charge on any atom is -0.378 e.